The molecule has 2 fully saturated rings. The molecule has 2 aromatic rings. The maximum absolute atomic E-state index is 12.3. The van der Waals surface area contributed by atoms with Crippen molar-refractivity contribution in [2.75, 3.05) is 19.8 Å². The van der Waals surface area contributed by atoms with Gasteiger partial charge in [-0.3, -0.25) is 0 Å². The normalized spacial score (nSPS) is 30.6. The van der Waals surface area contributed by atoms with Crippen LogP contribution in [0.2, 0.25) is 0 Å². The predicted molar refractivity (Wildman–Crippen MR) is 169 cm³/mol. The summed E-state index contributed by atoms with van der Waals surface area (Å²) in [4.78, 5) is 12.3. The van der Waals surface area contributed by atoms with Gasteiger partial charge >= 0.3 is 5.97 Å². The van der Waals surface area contributed by atoms with Crippen molar-refractivity contribution in [2.45, 2.75) is 48.7 Å². The molecule has 3 aliphatic heterocycles. The summed E-state index contributed by atoms with van der Waals surface area (Å²) in [6.45, 7) is -1.79. The van der Waals surface area contributed by atoms with E-state index >= 15 is 0 Å². The largest absolute Gasteiger partial charge is 0.508 e. The number of hydrogen-bond acceptors (Lipinski definition) is 17. The van der Waals surface area contributed by atoms with E-state index in [-0.39, 0.29) is 39.9 Å². The van der Waals surface area contributed by atoms with Crippen LogP contribution in [0.25, 0.3) is 11.8 Å². The first-order valence-electron chi connectivity index (χ1n) is 15.4. The van der Waals surface area contributed by atoms with Gasteiger partial charge in [-0.05, 0) is 48.0 Å². The Morgan fingerprint density at radius 2 is 1.63 bits per heavy atom. The van der Waals surface area contributed by atoms with Crippen molar-refractivity contribution in [2.24, 2.45) is 0 Å². The van der Waals surface area contributed by atoms with Crippen LogP contribution in [0.5, 0.6) is 23.0 Å². The van der Waals surface area contributed by atoms with E-state index in [9.17, 15) is 55.9 Å². The number of rotatable bonds is 9. The third-order valence-electron chi connectivity index (χ3n) is 8.35. The van der Waals surface area contributed by atoms with Gasteiger partial charge in [-0.25, -0.2) is 4.79 Å². The second kappa shape index (κ2) is 14.2. The van der Waals surface area contributed by atoms with Crippen LogP contribution >= 0.6 is 0 Å². The third-order valence-corrected chi connectivity index (χ3v) is 8.35. The number of aliphatic hydroxyl groups is 6. The lowest BCUT2D eigenvalue weighted by Crippen LogP contribution is -2.57. The average molecular weight is 715 g/mol. The molecular weight excluding hydrogens is 680 g/mol. The van der Waals surface area contributed by atoms with Crippen LogP contribution in [0.15, 0.2) is 83.6 Å². The molecule has 4 aliphatic rings. The van der Waals surface area contributed by atoms with Crippen molar-refractivity contribution in [1.29, 1.82) is 0 Å². The van der Waals surface area contributed by atoms with Crippen molar-refractivity contribution in [3.05, 3.63) is 94.7 Å². The van der Waals surface area contributed by atoms with Gasteiger partial charge in [0.05, 0.1) is 13.2 Å². The number of carbonyl (C=O) groups excluding carboxylic acids is 1. The molecule has 10 N–H and O–H groups in total. The van der Waals surface area contributed by atoms with E-state index in [1.54, 1.807) is 0 Å². The number of ether oxygens (including phenoxy) is 6. The molecule has 8 atom stereocenters. The fraction of sp³-hybridized carbons (Fsp3) is 0.324. The molecule has 0 saturated carbocycles. The van der Waals surface area contributed by atoms with Crippen LogP contribution in [-0.4, -0.2) is 126 Å². The van der Waals surface area contributed by atoms with E-state index in [4.69, 9.17) is 28.4 Å². The zero-order valence-corrected chi connectivity index (χ0v) is 26.3. The summed E-state index contributed by atoms with van der Waals surface area (Å²) in [7, 11) is 0. The van der Waals surface area contributed by atoms with Gasteiger partial charge in [0, 0.05) is 29.4 Å². The molecule has 3 heterocycles. The molecule has 1 unspecified atom stereocenters. The average Bonchev–Trinajstić information content (AvgIpc) is 3.37. The zero-order valence-electron chi connectivity index (χ0n) is 26.3. The van der Waals surface area contributed by atoms with Crippen LogP contribution < -0.4 is 0 Å². The number of allylic oxidation sites excluding steroid dienone is 2. The Kier molecular flexibility index (Phi) is 9.87. The maximum atomic E-state index is 12.3. The SMILES string of the molecule is O=C(/C=C/c1ccc(O)c(O)c1)OC[C@@]1(O)CO[C@H](O[C@@H]2[C@@H](OC3=C(c4ccc(O)c(O)c4)OC4C=C(O)C=C(O)C4=C3)OC[C@H](O)[C@H]2O)[C@H]1O. The van der Waals surface area contributed by atoms with Crippen LogP contribution in [0.1, 0.15) is 11.1 Å². The number of phenolic OH excluding ortho intramolecular Hbond substituents is 4. The van der Waals surface area contributed by atoms with E-state index in [2.05, 4.69) is 0 Å². The fourth-order valence-electron chi connectivity index (χ4n) is 5.51. The number of phenols is 4. The van der Waals surface area contributed by atoms with E-state index in [0.717, 1.165) is 18.2 Å². The van der Waals surface area contributed by atoms with Crippen LogP contribution in [0.3, 0.4) is 0 Å². The summed E-state index contributed by atoms with van der Waals surface area (Å²) in [5, 5.41) is 103. The summed E-state index contributed by atoms with van der Waals surface area (Å²) in [5.41, 5.74) is -1.50. The number of esters is 1. The van der Waals surface area contributed by atoms with Crippen molar-refractivity contribution in [1.82, 2.24) is 0 Å². The number of hydrogen-bond donors (Lipinski definition) is 10. The van der Waals surface area contributed by atoms with Gasteiger partial charge in [-0.2, -0.15) is 0 Å². The Morgan fingerprint density at radius 3 is 2.35 bits per heavy atom. The highest BCUT2D eigenvalue weighted by Crippen LogP contribution is 2.40. The van der Waals surface area contributed by atoms with Gasteiger partial charge in [0.25, 0.3) is 0 Å². The van der Waals surface area contributed by atoms with Gasteiger partial charge in [0.15, 0.2) is 52.5 Å². The predicted octanol–water partition coefficient (Wildman–Crippen LogP) is 0.585. The van der Waals surface area contributed by atoms with Crippen LogP contribution in [-0.2, 0) is 33.2 Å². The van der Waals surface area contributed by atoms with Gasteiger partial charge in [-0.1, -0.05) is 6.07 Å². The van der Waals surface area contributed by atoms with Gasteiger partial charge in [-0.15, -0.1) is 0 Å². The molecule has 1 aliphatic carbocycles. The topological polar surface area (TPSA) is 275 Å². The summed E-state index contributed by atoms with van der Waals surface area (Å²) < 4.78 is 34.0. The lowest BCUT2D eigenvalue weighted by molar-refractivity contribution is -0.307. The highest BCUT2D eigenvalue weighted by Gasteiger charge is 2.53. The summed E-state index contributed by atoms with van der Waals surface area (Å²) in [6.07, 6.45) is -4.96. The molecule has 17 heteroatoms. The van der Waals surface area contributed by atoms with Crippen molar-refractivity contribution in [3.8, 4) is 23.0 Å². The minimum atomic E-state index is -2.18. The lowest BCUT2D eigenvalue weighted by atomic mass is 9.97. The molecule has 2 saturated heterocycles. The Balaban J connectivity index is 1.19. The lowest BCUT2D eigenvalue weighted by Gasteiger charge is -2.40. The molecule has 0 radical (unpaired) electrons. The molecule has 0 amide bonds. The molecule has 0 aromatic heterocycles. The van der Waals surface area contributed by atoms with Crippen molar-refractivity contribution in [3.63, 3.8) is 0 Å². The second-order valence-electron chi connectivity index (χ2n) is 12.1. The Bertz CT molecular complexity index is 1830. The number of aliphatic hydroxyl groups excluding tert-OH is 5. The number of benzene rings is 2. The van der Waals surface area contributed by atoms with Gasteiger partial charge in [0.1, 0.15) is 42.5 Å². The van der Waals surface area contributed by atoms with Gasteiger partial charge < -0.3 is 79.5 Å². The monoisotopic (exact) mass is 714 g/mol. The van der Waals surface area contributed by atoms with Crippen molar-refractivity contribution >= 4 is 17.8 Å². The molecule has 17 nitrogen and oxygen atoms in total. The zero-order chi connectivity index (χ0) is 36.6. The van der Waals surface area contributed by atoms with E-state index < -0.39 is 91.7 Å². The molecule has 6 rings (SSSR count). The smallest absolute Gasteiger partial charge is 0.330 e. The number of fused-ring (bicyclic) bond motifs is 1. The molecule has 2 aromatic carbocycles. The summed E-state index contributed by atoms with van der Waals surface area (Å²) in [5.74, 6) is -3.47. The van der Waals surface area contributed by atoms with Crippen molar-refractivity contribution < 1.29 is 84.3 Å². The van der Waals surface area contributed by atoms with E-state index in [0.29, 0.717) is 5.56 Å². The molecule has 51 heavy (non-hydrogen) atoms. The highest BCUT2D eigenvalue weighted by atomic mass is 16.8. The molecule has 0 bridgehead atoms. The summed E-state index contributed by atoms with van der Waals surface area (Å²) in [6, 6.07) is 7.56. The first-order valence-corrected chi connectivity index (χ1v) is 15.4. The second-order valence-corrected chi connectivity index (χ2v) is 12.1. The number of carbonyl (C=O) groups is 1. The Hall–Kier alpha value is -5.27. The third kappa shape index (κ3) is 7.45. The minimum absolute atomic E-state index is 0.0645. The first-order chi connectivity index (χ1) is 24.2. The fourth-order valence-corrected chi connectivity index (χ4v) is 5.51. The number of aromatic hydroxyl groups is 4. The Morgan fingerprint density at radius 1 is 0.902 bits per heavy atom. The van der Waals surface area contributed by atoms with Crippen LogP contribution in [0.4, 0.5) is 0 Å². The quantitative estimate of drug-likeness (QED) is 0.0966. The molecule has 0 spiro atoms. The van der Waals surface area contributed by atoms with E-state index in [1.807, 2.05) is 0 Å². The Labute approximate surface area is 288 Å². The maximum Gasteiger partial charge on any atom is 0.330 e. The molecule has 272 valence electrons. The minimum Gasteiger partial charge on any atom is -0.508 e. The first kappa shape index (κ1) is 35.6. The van der Waals surface area contributed by atoms with E-state index in [1.165, 1.54) is 48.6 Å². The standard InChI is InChI=1S/C34H34O17/c35-17-9-21(38)18-11-26(29(49-25(18)10-17)16-3-5-20(37)23(40)8-16)50-32-30(28(43)24(41)12-46-32)51-33-31(44)34(45,14-48-33)13-47-27(42)6-2-15-1-4-19(36)22(39)7-15/h1-11,24-25,28,30-33,35-41,43-45H,12-14H2/b6-2+/t24-,25?,28+,30-,31+,32+,33+,34+/m0/s1. The van der Waals surface area contributed by atoms with Gasteiger partial charge in [0.2, 0.25) is 6.29 Å². The highest BCUT2D eigenvalue weighted by molar-refractivity contribution is 5.87. The molecular formula is C34H34O17. The summed E-state index contributed by atoms with van der Waals surface area (Å²) >= 11 is 0. The van der Waals surface area contributed by atoms with Crippen LogP contribution in [0, 0.1) is 0 Å².